The average molecular weight is 279 g/mol. The summed E-state index contributed by atoms with van der Waals surface area (Å²) in [5.74, 6) is 0.702. The van der Waals surface area contributed by atoms with Crippen LogP contribution in [0.2, 0.25) is 0 Å². The van der Waals surface area contributed by atoms with Crippen LogP contribution in [0.4, 0.5) is 0 Å². The average Bonchev–Trinajstić information content (AvgIpc) is 2.47. The summed E-state index contributed by atoms with van der Waals surface area (Å²) in [5.41, 5.74) is 0. The van der Waals surface area contributed by atoms with E-state index in [2.05, 4.69) is 38.7 Å². The summed E-state index contributed by atoms with van der Waals surface area (Å²) >= 11 is 0. The van der Waals surface area contributed by atoms with Crippen molar-refractivity contribution >= 4 is 0 Å². The lowest BCUT2D eigenvalue weighted by molar-refractivity contribution is 0.527. The van der Waals surface area contributed by atoms with Gasteiger partial charge in [-0.1, -0.05) is 89.9 Å². The monoisotopic (exact) mass is 278 g/mol. The molecular weight excluding hydrogens is 240 g/mol. The number of allylic oxidation sites excluding steroid dienone is 3. The zero-order valence-corrected chi connectivity index (χ0v) is 14.2. The highest BCUT2D eigenvalue weighted by atomic mass is 14.1. The molecule has 0 aliphatic rings. The van der Waals surface area contributed by atoms with E-state index < -0.39 is 0 Å². The van der Waals surface area contributed by atoms with Gasteiger partial charge in [0.2, 0.25) is 0 Å². The van der Waals surface area contributed by atoms with Crippen molar-refractivity contribution in [3.63, 3.8) is 0 Å². The molecule has 0 N–H and O–H groups in total. The van der Waals surface area contributed by atoms with Gasteiger partial charge in [0.25, 0.3) is 0 Å². The van der Waals surface area contributed by atoms with Crippen molar-refractivity contribution in [2.75, 3.05) is 0 Å². The van der Waals surface area contributed by atoms with Gasteiger partial charge >= 0.3 is 0 Å². The Morgan fingerprint density at radius 2 is 1.35 bits per heavy atom. The van der Waals surface area contributed by atoms with Crippen LogP contribution >= 0.6 is 0 Å². The summed E-state index contributed by atoms with van der Waals surface area (Å²) in [7, 11) is 0. The first-order valence-corrected chi connectivity index (χ1v) is 9.12. The summed E-state index contributed by atoms with van der Waals surface area (Å²) in [6, 6.07) is 0. The molecule has 0 spiro atoms. The highest BCUT2D eigenvalue weighted by molar-refractivity contribution is 4.89. The molecule has 0 amide bonds. The molecule has 0 aliphatic carbocycles. The fourth-order valence-corrected chi connectivity index (χ4v) is 2.60. The third-order valence-corrected chi connectivity index (χ3v) is 4.09. The molecule has 0 nitrogen and oxygen atoms in total. The molecule has 0 rings (SSSR count). The van der Waals surface area contributed by atoms with E-state index in [9.17, 15) is 0 Å². The third-order valence-electron chi connectivity index (χ3n) is 4.09. The van der Waals surface area contributed by atoms with Crippen molar-refractivity contribution in [1.82, 2.24) is 0 Å². The first kappa shape index (κ1) is 19.5. The Morgan fingerprint density at radius 3 is 1.95 bits per heavy atom. The lowest BCUT2D eigenvalue weighted by Crippen LogP contribution is -1.94. The number of rotatable bonds is 15. The predicted octanol–water partition coefficient (Wildman–Crippen LogP) is 7.46. The summed E-state index contributed by atoms with van der Waals surface area (Å²) in [4.78, 5) is 0. The van der Waals surface area contributed by atoms with Crippen molar-refractivity contribution in [1.29, 1.82) is 0 Å². The standard InChI is InChI=1S/C20H38/c1-4-7-9-11-12-13-15-17-19-20(6-3)18-16-14-10-8-5-2/h6,15,17,20H,3-5,7-14,16,18-19H2,1-2H3/b17-15-. The number of hydrogen-bond acceptors (Lipinski definition) is 0. The van der Waals surface area contributed by atoms with Crippen LogP contribution in [0.25, 0.3) is 0 Å². The van der Waals surface area contributed by atoms with Crippen molar-refractivity contribution < 1.29 is 0 Å². The zero-order valence-electron chi connectivity index (χ0n) is 14.2. The molecule has 0 radical (unpaired) electrons. The molecule has 20 heavy (non-hydrogen) atoms. The Bertz CT molecular complexity index is 214. The summed E-state index contributed by atoms with van der Waals surface area (Å²) in [5, 5.41) is 0. The Hall–Kier alpha value is -0.520. The molecule has 0 bridgehead atoms. The predicted molar refractivity (Wildman–Crippen MR) is 94.2 cm³/mol. The number of unbranched alkanes of at least 4 members (excludes halogenated alkanes) is 9. The minimum absolute atomic E-state index is 0.702. The molecule has 1 atom stereocenters. The Labute approximate surface area is 128 Å². The summed E-state index contributed by atoms with van der Waals surface area (Å²) in [6.45, 7) is 8.54. The van der Waals surface area contributed by atoms with Crippen LogP contribution in [-0.2, 0) is 0 Å². The van der Waals surface area contributed by atoms with E-state index in [0.29, 0.717) is 5.92 Å². The minimum atomic E-state index is 0.702. The first-order chi connectivity index (χ1) is 9.85. The maximum atomic E-state index is 3.99. The Morgan fingerprint density at radius 1 is 0.750 bits per heavy atom. The van der Waals surface area contributed by atoms with E-state index in [1.54, 1.807) is 0 Å². The van der Waals surface area contributed by atoms with Crippen molar-refractivity contribution in [3.05, 3.63) is 24.8 Å². The van der Waals surface area contributed by atoms with Gasteiger partial charge in [0.15, 0.2) is 0 Å². The SMILES string of the molecule is C=CC(C/C=C\CCCCCCC)CCCCCCC. The quantitative estimate of drug-likeness (QED) is 0.215. The highest BCUT2D eigenvalue weighted by Gasteiger charge is 2.01. The van der Waals surface area contributed by atoms with Gasteiger partial charge in [0.1, 0.15) is 0 Å². The molecular formula is C20H38. The highest BCUT2D eigenvalue weighted by Crippen LogP contribution is 2.16. The molecule has 0 aromatic heterocycles. The van der Waals surface area contributed by atoms with E-state index in [4.69, 9.17) is 0 Å². The van der Waals surface area contributed by atoms with Gasteiger partial charge in [0.05, 0.1) is 0 Å². The lowest BCUT2D eigenvalue weighted by Gasteiger charge is -2.09. The van der Waals surface area contributed by atoms with Crippen molar-refractivity contribution in [2.24, 2.45) is 5.92 Å². The first-order valence-electron chi connectivity index (χ1n) is 9.12. The van der Waals surface area contributed by atoms with Crippen LogP contribution in [0.3, 0.4) is 0 Å². The van der Waals surface area contributed by atoms with Crippen LogP contribution in [0.15, 0.2) is 24.8 Å². The van der Waals surface area contributed by atoms with Crippen LogP contribution < -0.4 is 0 Å². The van der Waals surface area contributed by atoms with Crippen LogP contribution in [0.5, 0.6) is 0 Å². The molecule has 0 heterocycles. The molecule has 0 aromatic rings. The molecule has 118 valence electrons. The van der Waals surface area contributed by atoms with Crippen LogP contribution in [0.1, 0.15) is 97.3 Å². The second-order valence-electron chi connectivity index (χ2n) is 6.11. The second kappa shape index (κ2) is 16.5. The normalized spacial score (nSPS) is 12.9. The minimum Gasteiger partial charge on any atom is -0.103 e. The van der Waals surface area contributed by atoms with Crippen molar-refractivity contribution in [3.8, 4) is 0 Å². The van der Waals surface area contributed by atoms with Gasteiger partial charge < -0.3 is 0 Å². The molecule has 0 aliphatic heterocycles. The largest absolute Gasteiger partial charge is 0.103 e. The Kier molecular flexibility index (Phi) is 16.1. The fraction of sp³-hybridized carbons (Fsp3) is 0.800. The van der Waals surface area contributed by atoms with Crippen LogP contribution in [0, 0.1) is 5.92 Å². The van der Waals surface area contributed by atoms with E-state index in [1.807, 2.05) is 0 Å². The van der Waals surface area contributed by atoms with E-state index in [-0.39, 0.29) is 0 Å². The molecule has 0 heteroatoms. The lowest BCUT2D eigenvalue weighted by atomic mass is 9.97. The Balaban J connectivity index is 3.45. The molecule has 0 fully saturated rings. The van der Waals surface area contributed by atoms with E-state index in [0.717, 1.165) is 0 Å². The van der Waals surface area contributed by atoms with Gasteiger partial charge in [-0.3, -0.25) is 0 Å². The van der Waals surface area contributed by atoms with Gasteiger partial charge in [-0.05, 0) is 31.6 Å². The van der Waals surface area contributed by atoms with E-state index in [1.165, 1.54) is 83.5 Å². The fourth-order valence-electron chi connectivity index (χ4n) is 2.60. The maximum absolute atomic E-state index is 3.99. The van der Waals surface area contributed by atoms with Gasteiger partial charge in [-0.25, -0.2) is 0 Å². The second-order valence-corrected chi connectivity index (χ2v) is 6.11. The summed E-state index contributed by atoms with van der Waals surface area (Å²) in [6.07, 6.45) is 24.6. The third kappa shape index (κ3) is 13.9. The van der Waals surface area contributed by atoms with Crippen molar-refractivity contribution in [2.45, 2.75) is 97.3 Å². The number of hydrogen-bond donors (Lipinski definition) is 0. The smallest absolute Gasteiger partial charge is 0.0202 e. The molecule has 1 unspecified atom stereocenters. The summed E-state index contributed by atoms with van der Waals surface area (Å²) < 4.78 is 0. The maximum Gasteiger partial charge on any atom is -0.0202 e. The van der Waals surface area contributed by atoms with Gasteiger partial charge in [-0.15, -0.1) is 6.58 Å². The van der Waals surface area contributed by atoms with E-state index >= 15 is 0 Å². The zero-order chi connectivity index (χ0) is 14.9. The molecule has 0 saturated carbocycles. The van der Waals surface area contributed by atoms with Gasteiger partial charge in [-0.2, -0.15) is 0 Å². The molecule has 0 saturated heterocycles. The topological polar surface area (TPSA) is 0 Å². The molecule has 0 aromatic carbocycles. The van der Waals surface area contributed by atoms with Crippen LogP contribution in [-0.4, -0.2) is 0 Å². The van der Waals surface area contributed by atoms with Gasteiger partial charge in [0, 0.05) is 0 Å².